The van der Waals surface area contributed by atoms with Crippen molar-refractivity contribution in [3.05, 3.63) is 35.6 Å². The van der Waals surface area contributed by atoms with E-state index in [9.17, 15) is 9.18 Å². The van der Waals surface area contributed by atoms with E-state index in [1.807, 2.05) is 0 Å². The van der Waals surface area contributed by atoms with Gasteiger partial charge in [-0.2, -0.15) is 0 Å². The number of amides is 1. The van der Waals surface area contributed by atoms with Crippen LogP contribution >= 0.6 is 0 Å². The summed E-state index contributed by atoms with van der Waals surface area (Å²) in [7, 11) is 0. The first-order valence-electron chi connectivity index (χ1n) is 6.73. The highest BCUT2D eigenvalue weighted by Crippen LogP contribution is 2.23. The van der Waals surface area contributed by atoms with Gasteiger partial charge in [-0.05, 0) is 44.5 Å². The lowest BCUT2D eigenvalue weighted by Crippen LogP contribution is -2.42. The van der Waals surface area contributed by atoms with Crippen LogP contribution in [0.3, 0.4) is 0 Å². The molecule has 1 aromatic rings. The smallest absolute Gasteiger partial charge is 0.230 e. The molecule has 0 aliphatic carbocycles. The number of benzene rings is 1. The monoisotopic (exact) mass is 266 g/mol. The lowest BCUT2D eigenvalue weighted by atomic mass is 9.83. The van der Waals surface area contributed by atoms with Gasteiger partial charge in [0.1, 0.15) is 5.82 Å². The molecule has 0 fully saturated rings. The van der Waals surface area contributed by atoms with Gasteiger partial charge in [0.25, 0.3) is 0 Å². The van der Waals surface area contributed by atoms with Crippen molar-refractivity contribution < 1.29 is 9.18 Å². The summed E-state index contributed by atoms with van der Waals surface area (Å²) in [5.74, 6) is -0.403. The highest BCUT2D eigenvalue weighted by atomic mass is 19.1. The van der Waals surface area contributed by atoms with Crippen LogP contribution in [0.5, 0.6) is 0 Å². The maximum atomic E-state index is 13.2. The van der Waals surface area contributed by atoms with Gasteiger partial charge in [0.05, 0.1) is 5.41 Å². The molecular formula is C15H23FN2O. The molecule has 1 amide bonds. The van der Waals surface area contributed by atoms with Gasteiger partial charge >= 0.3 is 0 Å². The molecule has 1 aromatic carbocycles. The van der Waals surface area contributed by atoms with Crippen LogP contribution in [0.15, 0.2) is 24.3 Å². The van der Waals surface area contributed by atoms with Crippen molar-refractivity contribution in [2.75, 3.05) is 19.6 Å². The highest BCUT2D eigenvalue weighted by molar-refractivity contribution is 5.87. The van der Waals surface area contributed by atoms with Crippen LogP contribution in [0, 0.1) is 5.82 Å². The first-order chi connectivity index (χ1) is 8.98. The van der Waals surface area contributed by atoms with Crippen LogP contribution in [0.1, 0.15) is 32.8 Å². The fraction of sp³-hybridized carbons (Fsp3) is 0.533. The quantitative estimate of drug-likeness (QED) is 0.743. The normalized spacial score (nSPS) is 11.4. The molecule has 106 valence electrons. The van der Waals surface area contributed by atoms with E-state index in [0.717, 1.165) is 19.5 Å². The van der Waals surface area contributed by atoms with Crippen LogP contribution in [-0.4, -0.2) is 25.5 Å². The SMILES string of the molecule is CCCNCCNC(=O)C(C)(C)c1cccc(F)c1. The lowest BCUT2D eigenvalue weighted by molar-refractivity contribution is -0.125. The Morgan fingerprint density at radius 3 is 2.63 bits per heavy atom. The summed E-state index contributed by atoms with van der Waals surface area (Å²) in [4.78, 5) is 12.1. The Balaban J connectivity index is 2.54. The molecule has 3 nitrogen and oxygen atoms in total. The zero-order valence-electron chi connectivity index (χ0n) is 11.9. The zero-order valence-corrected chi connectivity index (χ0v) is 11.9. The molecule has 0 saturated carbocycles. The number of rotatable bonds is 7. The van der Waals surface area contributed by atoms with Crippen molar-refractivity contribution in [3.63, 3.8) is 0 Å². The van der Waals surface area contributed by atoms with Gasteiger partial charge in [-0.3, -0.25) is 4.79 Å². The fourth-order valence-corrected chi connectivity index (χ4v) is 1.80. The Morgan fingerprint density at radius 2 is 2.00 bits per heavy atom. The molecule has 0 aliphatic heterocycles. The van der Waals surface area contributed by atoms with E-state index in [2.05, 4.69) is 17.6 Å². The molecule has 0 heterocycles. The molecular weight excluding hydrogens is 243 g/mol. The van der Waals surface area contributed by atoms with Crippen LogP contribution in [0.25, 0.3) is 0 Å². The average molecular weight is 266 g/mol. The lowest BCUT2D eigenvalue weighted by Gasteiger charge is -2.24. The van der Waals surface area contributed by atoms with Gasteiger partial charge in [0.2, 0.25) is 5.91 Å². The van der Waals surface area contributed by atoms with Crippen molar-refractivity contribution in [3.8, 4) is 0 Å². The molecule has 0 unspecified atom stereocenters. The van der Waals surface area contributed by atoms with Gasteiger partial charge in [-0.25, -0.2) is 4.39 Å². The molecule has 0 atom stereocenters. The molecule has 0 bridgehead atoms. The predicted molar refractivity (Wildman–Crippen MR) is 75.6 cm³/mol. The minimum Gasteiger partial charge on any atom is -0.354 e. The molecule has 4 heteroatoms. The van der Waals surface area contributed by atoms with Gasteiger partial charge in [-0.15, -0.1) is 0 Å². The van der Waals surface area contributed by atoms with Crippen LogP contribution < -0.4 is 10.6 Å². The Hall–Kier alpha value is -1.42. The van der Waals surface area contributed by atoms with E-state index in [0.29, 0.717) is 12.1 Å². The van der Waals surface area contributed by atoms with Crippen LogP contribution in [-0.2, 0) is 10.2 Å². The summed E-state index contributed by atoms with van der Waals surface area (Å²) in [6.45, 7) is 7.98. The Bertz CT molecular complexity index is 418. The third-order valence-corrected chi connectivity index (χ3v) is 3.13. The number of hydrogen-bond donors (Lipinski definition) is 2. The van der Waals surface area contributed by atoms with Gasteiger partial charge in [0, 0.05) is 13.1 Å². The van der Waals surface area contributed by atoms with E-state index in [1.165, 1.54) is 12.1 Å². The summed E-state index contributed by atoms with van der Waals surface area (Å²) >= 11 is 0. The average Bonchev–Trinajstić information content (AvgIpc) is 2.38. The number of carbonyl (C=O) groups excluding carboxylic acids is 1. The Kier molecular flexibility index (Phi) is 5.96. The summed E-state index contributed by atoms with van der Waals surface area (Å²) in [5.41, 5.74) is -0.0427. The third kappa shape index (κ3) is 4.63. The van der Waals surface area contributed by atoms with Gasteiger partial charge in [0.15, 0.2) is 0 Å². The predicted octanol–water partition coefficient (Wildman–Crippen LogP) is 2.22. The van der Waals surface area contributed by atoms with Crippen molar-refractivity contribution >= 4 is 5.91 Å². The molecule has 19 heavy (non-hydrogen) atoms. The minimum atomic E-state index is -0.729. The maximum absolute atomic E-state index is 13.2. The second kappa shape index (κ2) is 7.24. The third-order valence-electron chi connectivity index (χ3n) is 3.13. The van der Waals surface area contributed by atoms with Crippen molar-refractivity contribution in [2.45, 2.75) is 32.6 Å². The van der Waals surface area contributed by atoms with Crippen LogP contribution in [0.4, 0.5) is 4.39 Å². The molecule has 0 radical (unpaired) electrons. The van der Waals surface area contributed by atoms with E-state index in [4.69, 9.17) is 0 Å². The summed E-state index contributed by atoms with van der Waals surface area (Å²) < 4.78 is 13.2. The number of halogens is 1. The summed E-state index contributed by atoms with van der Waals surface area (Å²) in [6.07, 6.45) is 1.07. The second-order valence-corrected chi connectivity index (χ2v) is 5.14. The molecule has 1 rings (SSSR count). The van der Waals surface area contributed by atoms with E-state index >= 15 is 0 Å². The first kappa shape index (κ1) is 15.6. The second-order valence-electron chi connectivity index (χ2n) is 5.14. The van der Waals surface area contributed by atoms with Gasteiger partial charge in [-0.1, -0.05) is 19.1 Å². The van der Waals surface area contributed by atoms with Crippen LogP contribution in [0.2, 0.25) is 0 Å². The summed E-state index contributed by atoms with van der Waals surface area (Å²) in [5, 5.41) is 6.09. The Morgan fingerprint density at radius 1 is 1.26 bits per heavy atom. The highest BCUT2D eigenvalue weighted by Gasteiger charge is 2.29. The standard InChI is InChI=1S/C15H23FN2O/c1-4-8-17-9-10-18-14(19)15(2,3)12-6-5-7-13(16)11-12/h5-7,11,17H,4,8-10H2,1-3H3,(H,18,19). The van der Waals surface area contributed by atoms with Crippen molar-refractivity contribution in [2.24, 2.45) is 0 Å². The van der Waals surface area contributed by atoms with E-state index in [1.54, 1.807) is 26.0 Å². The van der Waals surface area contributed by atoms with Crippen molar-refractivity contribution in [1.82, 2.24) is 10.6 Å². The largest absolute Gasteiger partial charge is 0.354 e. The number of nitrogens with one attached hydrogen (secondary N) is 2. The Labute approximate surface area is 114 Å². The number of carbonyl (C=O) groups is 1. The molecule has 0 saturated heterocycles. The molecule has 2 N–H and O–H groups in total. The fourth-order valence-electron chi connectivity index (χ4n) is 1.80. The summed E-state index contributed by atoms with van der Waals surface area (Å²) in [6, 6.07) is 6.20. The molecule has 0 aliphatic rings. The maximum Gasteiger partial charge on any atom is 0.230 e. The van der Waals surface area contributed by atoms with Crippen molar-refractivity contribution in [1.29, 1.82) is 0 Å². The molecule has 0 aromatic heterocycles. The molecule has 0 spiro atoms. The van der Waals surface area contributed by atoms with E-state index < -0.39 is 5.41 Å². The van der Waals surface area contributed by atoms with Gasteiger partial charge < -0.3 is 10.6 Å². The number of hydrogen-bond acceptors (Lipinski definition) is 2. The van der Waals surface area contributed by atoms with E-state index in [-0.39, 0.29) is 11.7 Å². The zero-order chi connectivity index (χ0) is 14.3. The topological polar surface area (TPSA) is 41.1 Å². The minimum absolute atomic E-state index is 0.0867. The first-order valence-corrected chi connectivity index (χ1v) is 6.73.